The van der Waals surface area contributed by atoms with Crippen molar-refractivity contribution < 1.29 is 22.3 Å². The molecule has 0 saturated carbocycles. The predicted octanol–water partition coefficient (Wildman–Crippen LogP) is 2.01. The SMILES string of the molecule is CN=C(NCCOc1cccc(F)c1)NC1CCN(CC(F)(F)F)C1. The van der Waals surface area contributed by atoms with E-state index in [4.69, 9.17) is 4.74 Å². The topological polar surface area (TPSA) is 48.9 Å². The molecule has 0 bridgehead atoms. The van der Waals surface area contributed by atoms with Crippen molar-refractivity contribution in [2.75, 3.05) is 39.8 Å². The van der Waals surface area contributed by atoms with Gasteiger partial charge in [-0.2, -0.15) is 13.2 Å². The van der Waals surface area contributed by atoms with Crippen LogP contribution in [0.4, 0.5) is 17.6 Å². The minimum absolute atomic E-state index is 0.0855. The van der Waals surface area contributed by atoms with Gasteiger partial charge in [0.15, 0.2) is 5.96 Å². The Morgan fingerprint density at radius 2 is 2.20 bits per heavy atom. The van der Waals surface area contributed by atoms with Crippen LogP contribution < -0.4 is 15.4 Å². The number of hydrogen-bond donors (Lipinski definition) is 2. The summed E-state index contributed by atoms with van der Waals surface area (Å²) < 4.78 is 55.6. The molecule has 1 unspecified atom stereocenters. The highest BCUT2D eigenvalue weighted by Gasteiger charge is 2.34. The van der Waals surface area contributed by atoms with E-state index in [-0.39, 0.29) is 11.9 Å². The smallest absolute Gasteiger partial charge is 0.401 e. The van der Waals surface area contributed by atoms with Crippen molar-refractivity contribution in [3.63, 3.8) is 0 Å². The number of rotatable bonds is 6. The van der Waals surface area contributed by atoms with E-state index in [0.717, 1.165) is 0 Å². The highest BCUT2D eigenvalue weighted by molar-refractivity contribution is 5.80. The highest BCUT2D eigenvalue weighted by atomic mass is 19.4. The summed E-state index contributed by atoms with van der Waals surface area (Å²) in [4.78, 5) is 5.42. The number of likely N-dealkylation sites (tertiary alicyclic amines) is 1. The van der Waals surface area contributed by atoms with Gasteiger partial charge in [0.05, 0.1) is 13.1 Å². The third kappa shape index (κ3) is 7.16. The Bertz CT molecular complexity index is 579. The van der Waals surface area contributed by atoms with Crippen molar-refractivity contribution in [3.8, 4) is 5.75 Å². The Balaban J connectivity index is 1.67. The number of hydrogen-bond acceptors (Lipinski definition) is 3. The lowest BCUT2D eigenvalue weighted by molar-refractivity contribution is -0.143. The summed E-state index contributed by atoms with van der Waals surface area (Å²) in [5.74, 6) is 0.567. The van der Waals surface area contributed by atoms with E-state index in [9.17, 15) is 17.6 Å². The van der Waals surface area contributed by atoms with Gasteiger partial charge in [0.1, 0.15) is 18.2 Å². The first-order chi connectivity index (χ1) is 11.9. The fourth-order valence-electron chi connectivity index (χ4n) is 2.63. The van der Waals surface area contributed by atoms with Crippen LogP contribution in [0.3, 0.4) is 0 Å². The highest BCUT2D eigenvalue weighted by Crippen LogP contribution is 2.19. The van der Waals surface area contributed by atoms with E-state index in [1.54, 1.807) is 19.2 Å². The van der Waals surface area contributed by atoms with E-state index in [1.165, 1.54) is 17.0 Å². The third-order valence-corrected chi connectivity index (χ3v) is 3.70. The molecule has 2 rings (SSSR count). The monoisotopic (exact) mass is 362 g/mol. The number of benzene rings is 1. The first-order valence-corrected chi connectivity index (χ1v) is 8.00. The first kappa shape index (κ1) is 19.3. The lowest BCUT2D eigenvalue weighted by Crippen LogP contribution is -2.46. The normalized spacial score (nSPS) is 19.1. The van der Waals surface area contributed by atoms with Crippen molar-refractivity contribution in [2.45, 2.75) is 18.6 Å². The average Bonchev–Trinajstić information content (AvgIpc) is 2.95. The molecule has 5 nitrogen and oxygen atoms in total. The van der Waals surface area contributed by atoms with Gasteiger partial charge in [-0.25, -0.2) is 4.39 Å². The second-order valence-electron chi connectivity index (χ2n) is 5.79. The fourth-order valence-corrected chi connectivity index (χ4v) is 2.63. The Hall–Kier alpha value is -2.03. The summed E-state index contributed by atoms with van der Waals surface area (Å²) in [7, 11) is 1.59. The molecule has 1 saturated heterocycles. The van der Waals surface area contributed by atoms with E-state index < -0.39 is 12.7 Å². The predicted molar refractivity (Wildman–Crippen MR) is 87.3 cm³/mol. The zero-order valence-electron chi connectivity index (χ0n) is 13.9. The minimum Gasteiger partial charge on any atom is -0.492 e. The number of guanidine groups is 1. The zero-order valence-corrected chi connectivity index (χ0v) is 13.9. The van der Waals surface area contributed by atoms with Crippen molar-refractivity contribution in [1.29, 1.82) is 0 Å². The third-order valence-electron chi connectivity index (χ3n) is 3.70. The van der Waals surface area contributed by atoms with Crippen LogP contribution in [-0.4, -0.2) is 62.9 Å². The largest absolute Gasteiger partial charge is 0.492 e. The molecule has 0 radical (unpaired) electrons. The Kier molecular flexibility index (Phi) is 6.86. The Labute approximate surface area is 144 Å². The molecular formula is C16H22F4N4O. The molecule has 1 aliphatic heterocycles. The van der Waals surface area contributed by atoms with Crippen LogP contribution in [0.1, 0.15) is 6.42 Å². The summed E-state index contributed by atoms with van der Waals surface area (Å²) in [5.41, 5.74) is 0. The van der Waals surface area contributed by atoms with Gasteiger partial charge in [-0.3, -0.25) is 9.89 Å². The quantitative estimate of drug-likeness (QED) is 0.352. The fraction of sp³-hybridized carbons (Fsp3) is 0.562. The van der Waals surface area contributed by atoms with Crippen LogP contribution in [0.25, 0.3) is 0 Å². The van der Waals surface area contributed by atoms with Crippen LogP contribution >= 0.6 is 0 Å². The maximum absolute atomic E-state index is 13.0. The summed E-state index contributed by atoms with van der Waals surface area (Å²) in [6, 6.07) is 5.76. The van der Waals surface area contributed by atoms with Gasteiger partial charge in [-0.15, -0.1) is 0 Å². The minimum atomic E-state index is -4.18. The molecule has 1 heterocycles. The van der Waals surface area contributed by atoms with Crippen LogP contribution in [-0.2, 0) is 0 Å². The van der Waals surface area contributed by atoms with Gasteiger partial charge in [0.25, 0.3) is 0 Å². The second kappa shape index (κ2) is 8.89. The standard InChI is InChI=1S/C16H22F4N4O/c1-21-15(22-6-8-25-14-4-2-3-12(17)9-14)23-13-5-7-24(10-13)11-16(18,19)20/h2-4,9,13H,5-8,10-11H2,1H3,(H2,21,22,23). The molecule has 1 aromatic rings. The van der Waals surface area contributed by atoms with Crippen molar-refractivity contribution in [2.24, 2.45) is 4.99 Å². The van der Waals surface area contributed by atoms with Gasteiger partial charge in [0.2, 0.25) is 0 Å². The molecule has 1 fully saturated rings. The average molecular weight is 362 g/mol. The molecule has 0 aliphatic carbocycles. The molecule has 0 aromatic heterocycles. The number of halogens is 4. The van der Waals surface area contributed by atoms with Gasteiger partial charge in [0, 0.05) is 32.2 Å². The summed E-state index contributed by atoms with van der Waals surface area (Å²) in [6.45, 7) is 0.555. The number of nitrogens with one attached hydrogen (secondary N) is 2. The van der Waals surface area contributed by atoms with Crippen molar-refractivity contribution >= 4 is 5.96 Å². The van der Waals surface area contributed by atoms with Gasteiger partial charge in [-0.05, 0) is 18.6 Å². The number of aliphatic imine (C=N–C) groups is 1. The molecule has 1 aromatic carbocycles. The molecule has 25 heavy (non-hydrogen) atoms. The molecule has 0 amide bonds. The van der Waals surface area contributed by atoms with Gasteiger partial charge < -0.3 is 15.4 Å². The molecule has 1 aliphatic rings. The second-order valence-corrected chi connectivity index (χ2v) is 5.79. The van der Waals surface area contributed by atoms with Crippen LogP contribution in [0.2, 0.25) is 0 Å². The maximum atomic E-state index is 13.0. The molecular weight excluding hydrogens is 340 g/mol. The molecule has 2 N–H and O–H groups in total. The molecule has 1 atom stereocenters. The van der Waals surface area contributed by atoms with Gasteiger partial charge >= 0.3 is 6.18 Å². The maximum Gasteiger partial charge on any atom is 0.401 e. The Morgan fingerprint density at radius 1 is 1.40 bits per heavy atom. The summed E-state index contributed by atoms with van der Waals surface area (Å²) in [6.07, 6.45) is -3.56. The van der Waals surface area contributed by atoms with Gasteiger partial charge in [-0.1, -0.05) is 6.07 Å². The van der Waals surface area contributed by atoms with Crippen LogP contribution in [0, 0.1) is 5.82 Å². The first-order valence-electron chi connectivity index (χ1n) is 8.00. The molecule has 140 valence electrons. The zero-order chi connectivity index (χ0) is 18.3. The summed E-state index contributed by atoms with van der Waals surface area (Å²) >= 11 is 0. The van der Waals surface area contributed by atoms with E-state index in [2.05, 4.69) is 15.6 Å². The number of nitrogens with zero attached hydrogens (tertiary/aromatic N) is 2. The summed E-state index contributed by atoms with van der Waals surface area (Å²) in [5, 5.41) is 6.13. The van der Waals surface area contributed by atoms with Crippen molar-refractivity contribution in [3.05, 3.63) is 30.1 Å². The van der Waals surface area contributed by atoms with Crippen LogP contribution in [0.15, 0.2) is 29.3 Å². The Morgan fingerprint density at radius 3 is 2.88 bits per heavy atom. The lowest BCUT2D eigenvalue weighted by Gasteiger charge is -2.19. The number of alkyl halides is 3. The van der Waals surface area contributed by atoms with E-state index in [0.29, 0.717) is 44.4 Å². The molecule has 0 spiro atoms. The number of ether oxygens (including phenoxy) is 1. The molecule has 9 heteroatoms. The van der Waals surface area contributed by atoms with Crippen LogP contribution in [0.5, 0.6) is 5.75 Å². The van der Waals surface area contributed by atoms with E-state index >= 15 is 0 Å². The van der Waals surface area contributed by atoms with E-state index in [1.807, 2.05) is 0 Å². The lowest BCUT2D eigenvalue weighted by atomic mass is 10.3. The van der Waals surface area contributed by atoms with Crippen molar-refractivity contribution in [1.82, 2.24) is 15.5 Å².